The van der Waals surface area contributed by atoms with Crippen molar-refractivity contribution in [2.24, 2.45) is 5.92 Å². The van der Waals surface area contributed by atoms with E-state index in [0.29, 0.717) is 32.0 Å². The number of carbonyl (C=O) groups is 1. The van der Waals surface area contributed by atoms with Crippen molar-refractivity contribution in [2.45, 2.75) is 20.0 Å². The fourth-order valence-corrected chi connectivity index (χ4v) is 4.12. The number of rotatable bonds is 5. The van der Waals surface area contributed by atoms with Gasteiger partial charge in [-0.3, -0.25) is 9.48 Å². The molecule has 0 saturated heterocycles. The van der Waals surface area contributed by atoms with E-state index in [1.807, 2.05) is 29.3 Å². The lowest BCUT2D eigenvalue weighted by molar-refractivity contribution is -0.136. The fourth-order valence-electron chi connectivity index (χ4n) is 3.41. The Kier molecular flexibility index (Phi) is 5.29. The summed E-state index contributed by atoms with van der Waals surface area (Å²) >= 11 is 1.67. The van der Waals surface area contributed by atoms with Crippen molar-refractivity contribution < 1.29 is 14.3 Å². The molecule has 4 rings (SSSR count). The Labute approximate surface area is 167 Å². The minimum Gasteiger partial charge on any atom is -0.493 e. The van der Waals surface area contributed by atoms with Crippen molar-refractivity contribution in [3.05, 3.63) is 47.9 Å². The van der Waals surface area contributed by atoms with Gasteiger partial charge >= 0.3 is 0 Å². The Hall–Kier alpha value is -2.87. The van der Waals surface area contributed by atoms with Gasteiger partial charge in [0.1, 0.15) is 19.3 Å². The number of thiophene rings is 1. The molecule has 0 N–H and O–H groups in total. The van der Waals surface area contributed by atoms with Gasteiger partial charge in [0.15, 0.2) is 11.5 Å². The second-order valence-corrected chi connectivity index (χ2v) is 7.72. The van der Waals surface area contributed by atoms with E-state index < -0.39 is 0 Å². The maximum absolute atomic E-state index is 13.0. The highest BCUT2D eigenvalue weighted by molar-refractivity contribution is 7.13. The standard InChI is InChI=1S/C20H22N4O3S/c1-14(10-24-13-21-12-22-24)20(25)23-5-6-27-19-16(11-23)8-15(9-17(19)26-2)18-4-3-7-28-18/h3-4,7-9,12-14H,5-6,10-11H2,1-2H3. The van der Waals surface area contributed by atoms with E-state index in [-0.39, 0.29) is 11.8 Å². The van der Waals surface area contributed by atoms with Gasteiger partial charge in [-0.2, -0.15) is 5.10 Å². The summed E-state index contributed by atoms with van der Waals surface area (Å²) < 4.78 is 13.2. The molecule has 1 atom stereocenters. The molecule has 1 aromatic carbocycles. The molecule has 2 aromatic heterocycles. The summed E-state index contributed by atoms with van der Waals surface area (Å²) in [5.41, 5.74) is 2.03. The summed E-state index contributed by atoms with van der Waals surface area (Å²) in [5, 5.41) is 6.14. The highest BCUT2D eigenvalue weighted by Gasteiger charge is 2.26. The van der Waals surface area contributed by atoms with Crippen molar-refractivity contribution in [1.29, 1.82) is 0 Å². The van der Waals surface area contributed by atoms with Gasteiger partial charge in [0, 0.05) is 17.0 Å². The maximum Gasteiger partial charge on any atom is 0.227 e. The van der Waals surface area contributed by atoms with Gasteiger partial charge in [0.05, 0.1) is 26.1 Å². The van der Waals surface area contributed by atoms with Gasteiger partial charge in [-0.05, 0) is 29.1 Å². The summed E-state index contributed by atoms with van der Waals surface area (Å²) in [6.07, 6.45) is 3.11. The average molecular weight is 398 g/mol. The second kappa shape index (κ2) is 8.02. The third-order valence-electron chi connectivity index (χ3n) is 4.79. The Balaban J connectivity index is 1.60. The zero-order chi connectivity index (χ0) is 19.5. The van der Waals surface area contributed by atoms with Crippen molar-refractivity contribution in [1.82, 2.24) is 19.7 Å². The lowest BCUT2D eigenvalue weighted by Crippen LogP contribution is -2.37. The SMILES string of the molecule is COc1cc(-c2cccs2)cc2c1OCCN(C(=O)C(C)Cn1cncn1)C2. The van der Waals surface area contributed by atoms with Crippen molar-refractivity contribution >= 4 is 17.2 Å². The van der Waals surface area contributed by atoms with E-state index in [2.05, 4.69) is 22.2 Å². The van der Waals surface area contributed by atoms with Crippen molar-refractivity contribution in [3.63, 3.8) is 0 Å². The molecule has 0 spiro atoms. The Morgan fingerprint density at radius 3 is 3.04 bits per heavy atom. The van der Waals surface area contributed by atoms with Gasteiger partial charge < -0.3 is 14.4 Å². The van der Waals surface area contributed by atoms with Crippen LogP contribution in [0.15, 0.2) is 42.3 Å². The first kappa shape index (κ1) is 18.5. The normalized spacial score (nSPS) is 14.7. The summed E-state index contributed by atoms with van der Waals surface area (Å²) in [5.74, 6) is 1.30. The summed E-state index contributed by atoms with van der Waals surface area (Å²) in [4.78, 5) is 20.0. The molecule has 1 aliphatic rings. The van der Waals surface area contributed by atoms with Crippen molar-refractivity contribution in [3.8, 4) is 21.9 Å². The van der Waals surface area contributed by atoms with Gasteiger partial charge in [0.25, 0.3) is 0 Å². The molecule has 0 bridgehead atoms. The third kappa shape index (κ3) is 3.73. The minimum atomic E-state index is -0.203. The smallest absolute Gasteiger partial charge is 0.227 e. The van der Waals surface area contributed by atoms with E-state index in [0.717, 1.165) is 21.8 Å². The van der Waals surface area contributed by atoms with Crippen molar-refractivity contribution in [2.75, 3.05) is 20.3 Å². The largest absolute Gasteiger partial charge is 0.493 e. The summed E-state index contributed by atoms with van der Waals surface area (Å²) in [7, 11) is 1.64. The molecule has 8 heteroatoms. The summed E-state index contributed by atoms with van der Waals surface area (Å²) in [6.45, 7) is 3.88. The Bertz CT molecular complexity index is 941. The lowest BCUT2D eigenvalue weighted by atomic mass is 10.1. The number of nitrogens with zero attached hydrogens (tertiary/aromatic N) is 4. The first-order chi connectivity index (χ1) is 13.7. The van der Waals surface area contributed by atoms with Gasteiger partial charge in [-0.15, -0.1) is 11.3 Å². The van der Waals surface area contributed by atoms with E-state index in [1.165, 1.54) is 6.33 Å². The fraction of sp³-hybridized carbons (Fsp3) is 0.350. The molecule has 1 unspecified atom stereocenters. The molecule has 0 saturated carbocycles. The number of ether oxygens (including phenoxy) is 2. The molecule has 1 amide bonds. The molecule has 7 nitrogen and oxygen atoms in total. The monoisotopic (exact) mass is 398 g/mol. The zero-order valence-electron chi connectivity index (χ0n) is 15.9. The van der Waals surface area contributed by atoms with Crippen LogP contribution in [0.25, 0.3) is 10.4 Å². The van der Waals surface area contributed by atoms with Crippen LogP contribution in [0.1, 0.15) is 12.5 Å². The molecule has 0 fully saturated rings. The highest BCUT2D eigenvalue weighted by Crippen LogP contribution is 2.39. The van der Waals surface area contributed by atoms with E-state index in [9.17, 15) is 4.79 Å². The van der Waals surface area contributed by atoms with Crippen LogP contribution in [-0.2, 0) is 17.9 Å². The molecule has 0 radical (unpaired) electrons. The topological polar surface area (TPSA) is 69.5 Å². The maximum atomic E-state index is 13.0. The summed E-state index contributed by atoms with van der Waals surface area (Å²) in [6, 6.07) is 8.19. The van der Waals surface area contributed by atoms with Crippen LogP contribution in [0.3, 0.4) is 0 Å². The predicted octanol–water partition coefficient (Wildman–Crippen LogP) is 3.07. The van der Waals surface area contributed by atoms with Crippen LogP contribution in [0.5, 0.6) is 11.5 Å². The van der Waals surface area contributed by atoms with Gasteiger partial charge in [-0.1, -0.05) is 13.0 Å². The van der Waals surface area contributed by atoms with Crippen LogP contribution in [0, 0.1) is 5.92 Å². The molecule has 3 heterocycles. The number of aromatic nitrogens is 3. The molecule has 0 aliphatic carbocycles. The van der Waals surface area contributed by atoms with Crippen LogP contribution in [0.4, 0.5) is 0 Å². The van der Waals surface area contributed by atoms with Crippen LogP contribution in [-0.4, -0.2) is 45.8 Å². The molecular weight excluding hydrogens is 376 g/mol. The quantitative estimate of drug-likeness (QED) is 0.661. The number of carbonyl (C=O) groups excluding carboxylic acids is 1. The predicted molar refractivity (Wildman–Crippen MR) is 106 cm³/mol. The Morgan fingerprint density at radius 1 is 1.43 bits per heavy atom. The van der Waals surface area contributed by atoms with E-state index in [4.69, 9.17) is 9.47 Å². The number of benzene rings is 1. The molecule has 28 heavy (non-hydrogen) atoms. The second-order valence-electron chi connectivity index (χ2n) is 6.77. The van der Waals surface area contributed by atoms with Crippen LogP contribution < -0.4 is 9.47 Å². The number of fused-ring (bicyclic) bond motifs is 1. The first-order valence-corrected chi connectivity index (χ1v) is 10.0. The van der Waals surface area contributed by atoms with E-state index >= 15 is 0 Å². The number of hydrogen-bond donors (Lipinski definition) is 0. The molecular formula is C20H22N4O3S. The third-order valence-corrected chi connectivity index (χ3v) is 5.71. The van der Waals surface area contributed by atoms with Gasteiger partial charge in [-0.25, -0.2) is 4.98 Å². The Morgan fingerprint density at radius 2 is 2.32 bits per heavy atom. The number of hydrogen-bond acceptors (Lipinski definition) is 6. The minimum absolute atomic E-state index is 0.0763. The molecule has 1 aliphatic heterocycles. The van der Waals surface area contributed by atoms with Crippen LogP contribution >= 0.6 is 11.3 Å². The average Bonchev–Trinajstić information content (AvgIpc) is 3.37. The van der Waals surface area contributed by atoms with Gasteiger partial charge in [0.2, 0.25) is 5.91 Å². The number of methoxy groups -OCH3 is 1. The highest BCUT2D eigenvalue weighted by atomic mass is 32.1. The lowest BCUT2D eigenvalue weighted by Gasteiger charge is -2.23. The van der Waals surface area contributed by atoms with Crippen LogP contribution in [0.2, 0.25) is 0 Å². The number of amides is 1. The zero-order valence-corrected chi connectivity index (χ0v) is 16.7. The van der Waals surface area contributed by atoms with E-state index in [1.54, 1.807) is 29.5 Å². The molecule has 146 valence electrons. The first-order valence-electron chi connectivity index (χ1n) is 9.14. The molecule has 3 aromatic rings.